The Morgan fingerprint density at radius 2 is 1.39 bits per heavy atom. The number of hydrogen-bond acceptors (Lipinski definition) is 3. The van der Waals surface area contributed by atoms with Gasteiger partial charge >= 0.3 is 0 Å². The third-order valence-corrected chi connectivity index (χ3v) is 4.82. The highest BCUT2D eigenvalue weighted by atomic mass is 16.3. The number of aryl methyl sites for hydroxylation is 1. The van der Waals surface area contributed by atoms with Crippen LogP contribution >= 0.6 is 0 Å². The summed E-state index contributed by atoms with van der Waals surface area (Å²) in [6.07, 6.45) is 0.967. The van der Waals surface area contributed by atoms with Crippen molar-refractivity contribution in [2.75, 3.05) is 0 Å². The number of nitrogens with zero attached hydrogens (tertiary/aromatic N) is 1. The molecule has 4 nitrogen and oxygen atoms in total. The Morgan fingerprint density at radius 1 is 0.893 bits per heavy atom. The zero-order valence-corrected chi connectivity index (χ0v) is 16.1. The van der Waals surface area contributed by atoms with Crippen molar-refractivity contribution >= 4 is 11.6 Å². The number of benzene rings is 3. The molecule has 0 aliphatic carbocycles. The SMILES string of the molecule is CCc1ccc(/C(C)=N\NC(=O)C(O)(c2ccccc2)c2ccccc2)cc1. The molecule has 3 aromatic carbocycles. The Bertz CT molecular complexity index is 909. The van der Waals surface area contributed by atoms with Crippen molar-refractivity contribution in [3.05, 3.63) is 107 Å². The molecule has 0 aliphatic heterocycles. The summed E-state index contributed by atoms with van der Waals surface area (Å²) in [6, 6.07) is 25.8. The first-order valence-electron chi connectivity index (χ1n) is 9.33. The Kier molecular flexibility index (Phi) is 6.02. The zero-order chi connectivity index (χ0) is 20.0. The van der Waals surface area contributed by atoms with E-state index in [-0.39, 0.29) is 0 Å². The molecule has 4 heteroatoms. The van der Waals surface area contributed by atoms with Crippen molar-refractivity contribution in [2.24, 2.45) is 5.10 Å². The molecule has 0 aromatic heterocycles. The molecule has 1 amide bonds. The number of hydrogen-bond donors (Lipinski definition) is 2. The van der Waals surface area contributed by atoms with E-state index in [9.17, 15) is 9.90 Å². The minimum absolute atomic E-state index is 0.485. The molecule has 0 saturated carbocycles. The van der Waals surface area contributed by atoms with Gasteiger partial charge in [-0.25, -0.2) is 5.43 Å². The summed E-state index contributed by atoms with van der Waals surface area (Å²) >= 11 is 0. The highest BCUT2D eigenvalue weighted by molar-refractivity contribution is 6.00. The fraction of sp³-hybridized carbons (Fsp3) is 0.167. The molecule has 0 fully saturated rings. The number of amides is 1. The van der Waals surface area contributed by atoms with E-state index >= 15 is 0 Å². The summed E-state index contributed by atoms with van der Waals surface area (Å²) in [6.45, 7) is 3.93. The molecule has 0 unspecified atom stereocenters. The molecule has 2 N–H and O–H groups in total. The van der Waals surface area contributed by atoms with Gasteiger partial charge in [0.2, 0.25) is 0 Å². The standard InChI is InChI=1S/C24H24N2O2/c1-3-19-14-16-20(17-15-19)18(2)25-26-23(27)24(28,21-10-6-4-7-11-21)22-12-8-5-9-13-22/h4-17,28H,3H2,1-2H3,(H,26,27)/b25-18-. The number of nitrogens with one attached hydrogen (secondary N) is 1. The van der Waals surface area contributed by atoms with Gasteiger partial charge in [0.1, 0.15) is 0 Å². The molecule has 28 heavy (non-hydrogen) atoms. The Labute approximate surface area is 165 Å². The van der Waals surface area contributed by atoms with E-state index in [4.69, 9.17) is 0 Å². The van der Waals surface area contributed by atoms with E-state index in [1.807, 2.05) is 43.3 Å². The molecule has 0 aliphatic rings. The lowest BCUT2D eigenvalue weighted by atomic mass is 9.85. The first-order chi connectivity index (χ1) is 13.6. The second-order valence-electron chi connectivity index (χ2n) is 6.63. The van der Waals surface area contributed by atoms with E-state index in [0.29, 0.717) is 16.8 Å². The number of carbonyl (C=O) groups excluding carboxylic acids is 1. The Hall–Kier alpha value is -3.24. The van der Waals surface area contributed by atoms with Crippen LogP contribution in [0.1, 0.15) is 36.1 Å². The van der Waals surface area contributed by atoms with Crippen molar-refractivity contribution < 1.29 is 9.90 Å². The van der Waals surface area contributed by atoms with Crippen LogP contribution in [0.15, 0.2) is 90.0 Å². The van der Waals surface area contributed by atoms with Crippen LogP contribution in [0.4, 0.5) is 0 Å². The van der Waals surface area contributed by atoms with Gasteiger partial charge in [0.25, 0.3) is 5.91 Å². The summed E-state index contributed by atoms with van der Waals surface area (Å²) in [7, 11) is 0. The van der Waals surface area contributed by atoms with E-state index in [2.05, 4.69) is 17.5 Å². The molecule has 142 valence electrons. The largest absolute Gasteiger partial charge is 0.372 e. The normalized spacial score (nSPS) is 11.9. The molecule has 3 rings (SSSR count). The fourth-order valence-corrected chi connectivity index (χ4v) is 3.05. The zero-order valence-electron chi connectivity index (χ0n) is 16.1. The van der Waals surface area contributed by atoms with Crippen LogP contribution in [0.5, 0.6) is 0 Å². The lowest BCUT2D eigenvalue weighted by Crippen LogP contribution is -2.43. The number of carbonyl (C=O) groups is 1. The van der Waals surface area contributed by atoms with Gasteiger partial charge in [-0.15, -0.1) is 0 Å². The van der Waals surface area contributed by atoms with Crippen LogP contribution < -0.4 is 5.43 Å². The number of aliphatic hydroxyl groups is 1. The van der Waals surface area contributed by atoms with Crippen molar-refractivity contribution in [1.29, 1.82) is 0 Å². The summed E-state index contributed by atoms with van der Waals surface area (Å²) in [5.74, 6) is -0.602. The summed E-state index contributed by atoms with van der Waals surface area (Å²) in [5.41, 5.74) is 4.50. The summed E-state index contributed by atoms with van der Waals surface area (Å²) in [4.78, 5) is 13.0. The molecular weight excluding hydrogens is 348 g/mol. The quantitative estimate of drug-likeness (QED) is 0.507. The van der Waals surface area contributed by atoms with Gasteiger partial charge < -0.3 is 5.11 Å². The van der Waals surface area contributed by atoms with Gasteiger partial charge in [-0.1, -0.05) is 91.9 Å². The highest BCUT2D eigenvalue weighted by Gasteiger charge is 2.39. The molecule has 0 bridgehead atoms. The van der Waals surface area contributed by atoms with E-state index in [0.717, 1.165) is 12.0 Å². The first-order valence-corrected chi connectivity index (χ1v) is 9.33. The molecule has 3 aromatic rings. The van der Waals surface area contributed by atoms with Crippen LogP contribution in [0.25, 0.3) is 0 Å². The van der Waals surface area contributed by atoms with Gasteiger partial charge in [-0.3, -0.25) is 4.79 Å². The third kappa shape index (κ3) is 4.02. The topological polar surface area (TPSA) is 61.7 Å². The lowest BCUT2D eigenvalue weighted by Gasteiger charge is -2.27. The van der Waals surface area contributed by atoms with Crippen LogP contribution in [-0.4, -0.2) is 16.7 Å². The van der Waals surface area contributed by atoms with Crippen molar-refractivity contribution in [3.63, 3.8) is 0 Å². The Morgan fingerprint density at radius 3 is 1.86 bits per heavy atom. The van der Waals surface area contributed by atoms with Gasteiger partial charge in [0.15, 0.2) is 5.60 Å². The second kappa shape index (κ2) is 8.63. The van der Waals surface area contributed by atoms with Gasteiger partial charge in [0, 0.05) is 0 Å². The Balaban J connectivity index is 1.90. The van der Waals surface area contributed by atoms with E-state index in [1.165, 1.54) is 5.56 Å². The van der Waals surface area contributed by atoms with E-state index in [1.54, 1.807) is 48.5 Å². The molecule has 0 spiro atoms. The molecule has 0 radical (unpaired) electrons. The summed E-state index contributed by atoms with van der Waals surface area (Å²) in [5, 5.41) is 15.6. The smallest absolute Gasteiger partial charge is 0.281 e. The second-order valence-corrected chi connectivity index (χ2v) is 6.63. The average molecular weight is 372 g/mol. The molecule has 0 atom stereocenters. The van der Waals surface area contributed by atoms with Crippen LogP contribution in [0, 0.1) is 0 Å². The molecular formula is C24H24N2O2. The lowest BCUT2D eigenvalue weighted by molar-refractivity contribution is -0.136. The maximum atomic E-state index is 13.0. The molecule has 0 heterocycles. The van der Waals surface area contributed by atoms with Crippen molar-refractivity contribution in [3.8, 4) is 0 Å². The monoisotopic (exact) mass is 372 g/mol. The third-order valence-electron chi connectivity index (χ3n) is 4.82. The minimum Gasteiger partial charge on any atom is -0.372 e. The van der Waals surface area contributed by atoms with E-state index < -0.39 is 11.5 Å². The van der Waals surface area contributed by atoms with Gasteiger partial charge in [-0.2, -0.15) is 5.10 Å². The highest BCUT2D eigenvalue weighted by Crippen LogP contribution is 2.29. The fourth-order valence-electron chi connectivity index (χ4n) is 3.05. The number of hydrazone groups is 1. The maximum Gasteiger partial charge on any atom is 0.281 e. The average Bonchev–Trinajstić information content (AvgIpc) is 2.77. The maximum absolute atomic E-state index is 13.0. The number of rotatable bonds is 6. The van der Waals surface area contributed by atoms with Gasteiger partial charge in [0.05, 0.1) is 5.71 Å². The minimum atomic E-state index is -1.83. The van der Waals surface area contributed by atoms with Crippen molar-refractivity contribution in [2.45, 2.75) is 25.9 Å². The van der Waals surface area contributed by atoms with Crippen molar-refractivity contribution in [1.82, 2.24) is 5.43 Å². The van der Waals surface area contributed by atoms with Crippen LogP contribution in [-0.2, 0) is 16.8 Å². The van der Waals surface area contributed by atoms with Crippen LogP contribution in [0.2, 0.25) is 0 Å². The van der Waals surface area contributed by atoms with Crippen LogP contribution in [0.3, 0.4) is 0 Å². The predicted molar refractivity (Wildman–Crippen MR) is 112 cm³/mol. The molecule has 0 saturated heterocycles. The summed E-state index contributed by atoms with van der Waals surface area (Å²) < 4.78 is 0. The predicted octanol–water partition coefficient (Wildman–Crippen LogP) is 4.03. The van der Waals surface area contributed by atoms with Gasteiger partial charge in [-0.05, 0) is 35.6 Å². The first kappa shape index (κ1) is 19.5.